The molecule has 2 nitrogen and oxygen atoms in total. The molecule has 0 unspecified atom stereocenters. The van der Waals surface area contributed by atoms with Gasteiger partial charge in [0, 0.05) is 12.5 Å². The van der Waals surface area contributed by atoms with E-state index in [1.165, 1.54) is 0 Å². The van der Waals surface area contributed by atoms with Gasteiger partial charge in [-0.1, -0.05) is 12.2 Å². The Morgan fingerprint density at radius 1 is 1.56 bits per heavy atom. The van der Waals surface area contributed by atoms with Crippen LogP contribution in [0.15, 0.2) is 12.2 Å². The Morgan fingerprint density at radius 2 is 2.33 bits per heavy atom. The minimum atomic E-state index is -0.239. The molecule has 0 fully saturated rings. The molecule has 0 aliphatic heterocycles. The van der Waals surface area contributed by atoms with E-state index in [-0.39, 0.29) is 18.6 Å². The molecule has 0 saturated carbocycles. The van der Waals surface area contributed by atoms with Crippen LogP contribution in [0.1, 0.15) is 12.8 Å². The molecule has 0 aromatic carbocycles. The Morgan fingerprint density at radius 3 is 2.78 bits per heavy atom. The van der Waals surface area contributed by atoms with Gasteiger partial charge in [0.25, 0.3) is 0 Å². The van der Waals surface area contributed by atoms with E-state index in [0.29, 0.717) is 6.42 Å². The summed E-state index contributed by atoms with van der Waals surface area (Å²) in [6.07, 6.45) is 5.14. The van der Waals surface area contributed by atoms with E-state index in [1.54, 1.807) is 0 Å². The molecule has 52 valence electrons. The summed E-state index contributed by atoms with van der Waals surface area (Å²) in [4.78, 5) is 0. The minimum Gasteiger partial charge on any atom is -0.396 e. The van der Waals surface area contributed by atoms with Crippen molar-refractivity contribution >= 4 is 0 Å². The summed E-state index contributed by atoms with van der Waals surface area (Å²) in [5.41, 5.74) is 0. The molecular weight excluding hydrogens is 116 g/mol. The zero-order chi connectivity index (χ0) is 6.69. The van der Waals surface area contributed by atoms with E-state index in [9.17, 15) is 0 Å². The molecule has 1 aliphatic carbocycles. The van der Waals surface area contributed by atoms with Crippen molar-refractivity contribution in [2.75, 3.05) is 6.61 Å². The highest BCUT2D eigenvalue weighted by Gasteiger charge is 2.18. The van der Waals surface area contributed by atoms with Crippen LogP contribution in [-0.2, 0) is 0 Å². The lowest BCUT2D eigenvalue weighted by Crippen LogP contribution is -2.14. The molecular formula is C7H12O2. The van der Waals surface area contributed by atoms with Gasteiger partial charge in [0.15, 0.2) is 0 Å². The molecule has 0 aromatic rings. The second-order valence-electron chi connectivity index (χ2n) is 2.41. The van der Waals surface area contributed by atoms with Crippen LogP contribution in [0.5, 0.6) is 0 Å². The molecule has 0 bridgehead atoms. The summed E-state index contributed by atoms with van der Waals surface area (Å²) in [6.45, 7) is 0.173. The maximum absolute atomic E-state index is 9.15. The van der Waals surface area contributed by atoms with Crippen molar-refractivity contribution in [1.82, 2.24) is 0 Å². The molecule has 1 aliphatic rings. The molecule has 0 spiro atoms. The number of hydrogen-bond acceptors (Lipinski definition) is 2. The smallest absolute Gasteiger partial charge is 0.0638 e. The monoisotopic (exact) mass is 128 g/mol. The van der Waals surface area contributed by atoms with Crippen molar-refractivity contribution in [1.29, 1.82) is 0 Å². The van der Waals surface area contributed by atoms with Gasteiger partial charge in [-0.2, -0.15) is 0 Å². The van der Waals surface area contributed by atoms with Crippen LogP contribution in [0.4, 0.5) is 0 Å². The van der Waals surface area contributed by atoms with E-state index in [4.69, 9.17) is 10.2 Å². The van der Waals surface area contributed by atoms with Gasteiger partial charge in [0.05, 0.1) is 6.10 Å². The van der Waals surface area contributed by atoms with Crippen LogP contribution in [-0.4, -0.2) is 22.9 Å². The van der Waals surface area contributed by atoms with Crippen LogP contribution >= 0.6 is 0 Å². The summed E-state index contributed by atoms with van der Waals surface area (Å²) >= 11 is 0. The Labute approximate surface area is 54.8 Å². The SMILES string of the molecule is OCC[C@@H]1C=CC[C@@H]1O. The second-order valence-corrected chi connectivity index (χ2v) is 2.41. The topological polar surface area (TPSA) is 40.5 Å². The minimum absolute atomic E-state index is 0.173. The first-order chi connectivity index (χ1) is 4.34. The van der Waals surface area contributed by atoms with Crippen LogP contribution in [0.3, 0.4) is 0 Å². The van der Waals surface area contributed by atoms with Crippen molar-refractivity contribution in [2.24, 2.45) is 5.92 Å². The lowest BCUT2D eigenvalue weighted by atomic mass is 10.0. The normalized spacial score (nSPS) is 33.6. The largest absolute Gasteiger partial charge is 0.396 e. The third-order valence-corrected chi connectivity index (χ3v) is 1.72. The Bertz CT molecular complexity index is 109. The van der Waals surface area contributed by atoms with E-state index >= 15 is 0 Å². The van der Waals surface area contributed by atoms with Gasteiger partial charge in [0.2, 0.25) is 0 Å². The predicted octanol–water partition coefficient (Wildman–Crippen LogP) is 0.306. The Hall–Kier alpha value is -0.340. The average molecular weight is 128 g/mol. The quantitative estimate of drug-likeness (QED) is 0.525. The lowest BCUT2D eigenvalue weighted by molar-refractivity contribution is 0.125. The van der Waals surface area contributed by atoms with Crippen LogP contribution in [0, 0.1) is 5.92 Å². The van der Waals surface area contributed by atoms with E-state index < -0.39 is 0 Å². The van der Waals surface area contributed by atoms with Crippen molar-refractivity contribution in [3.8, 4) is 0 Å². The standard InChI is InChI=1S/C7H12O2/c8-5-4-6-2-1-3-7(6)9/h1-2,6-9H,3-5H2/t6-,7-/m0/s1. The van der Waals surface area contributed by atoms with E-state index in [1.807, 2.05) is 12.2 Å². The molecule has 2 N–H and O–H groups in total. The van der Waals surface area contributed by atoms with Gasteiger partial charge >= 0.3 is 0 Å². The van der Waals surface area contributed by atoms with Crippen molar-refractivity contribution < 1.29 is 10.2 Å². The van der Waals surface area contributed by atoms with Gasteiger partial charge in [-0.15, -0.1) is 0 Å². The van der Waals surface area contributed by atoms with Gasteiger partial charge in [-0.05, 0) is 12.8 Å². The van der Waals surface area contributed by atoms with Crippen molar-refractivity contribution in [2.45, 2.75) is 18.9 Å². The fourth-order valence-corrected chi connectivity index (χ4v) is 1.13. The summed E-state index contributed by atoms with van der Waals surface area (Å²) < 4.78 is 0. The zero-order valence-corrected chi connectivity index (χ0v) is 5.33. The van der Waals surface area contributed by atoms with Gasteiger partial charge in [-0.25, -0.2) is 0 Å². The third-order valence-electron chi connectivity index (χ3n) is 1.72. The highest BCUT2D eigenvalue weighted by Crippen LogP contribution is 2.20. The first-order valence-corrected chi connectivity index (χ1v) is 3.30. The molecule has 2 heteroatoms. The number of aliphatic hydroxyl groups excluding tert-OH is 2. The Kier molecular flexibility index (Phi) is 2.25. The first kappa shape index (κ1) is 6.78. The molecule has 2 atom stereocenters. The fraction of sp³-hybridized carbons (Fsp3) is 0.714. The van der Waals surface area contributed by atoms with Crippen LogP contribution < -0.4 is 0 Å². The molecule has 0 aromatic heterocycles. The molecule has 1 rings (SSSR count). The third kappa shape index (κ3) is 1.53. The Balaban J connectivity index is 2.31. The van der Waals surface area contributed by atoms with E-state index in [0.717, 1.165) is 6.42 Å². The predicted molar refractivity (Wildman–Crippen MR) is 35.0 cm³/mol. The fourth-order valence-electron chi connectivity index (χ4n) is 1.13. The maximum Gasteiger partial charge on any atom is 0.0638 e. The molecule has 0 heterocycles. The summed E-state index contributed by atoms with van der Waals surface area (Å²) in [6, 6.07) is 0. The van der Waals surface area contributed by atoms with Gasteiger partial charge < -0.3 is 10.2 Å². The number of aliphatic hydroxyl groups is 2. The highest BCUT2D eigenvalue weighted by molar-refractivity contribution is 5.01. The lowest BCUT2D eigenvalue weighted by Gasteiger charge is -2.10. The average Bonchev–Trinajstić information content (AvgIpc) is 2.18. The van der Waals surface area contributed by atoms with Gasteiger partial charge in [0.1, 0.15) is 0 Å². The molecule has 9 heavy (non-hydrogen) atoms. The molecule has 0 saturated heterocycles. The highest BCUT2D eigenvalue weighted by atomic mass is 16.3. The van der Waals surface area contributed by atoms with E-state index in [2.05, 4.69) is 0 Å². The number of hydrogen-bond donors (Lipinski definition) is 2. The van der Waals surface area contributed by atoms with Crippen LogP contribution in [0.2, 0.25) is 0 Å². The van der Waals surface area contributed by atoms with Crippen LogP contribution in [0.25, 0.3) is 0 Å². The molecule has 0 amide bonds. The number of rotatable bonds is 2. The maximum atomic E-state index is 9.15. The first-order valence-electron chi connectivity index (χ1n) is 3.30. The summed E-state index contributed by atoms with van der Waals surface area (Å²) in [5, 5.41) is 17.6. The second kappa shape index (κ2) is 2.99. The summed E-state index contributed by atoms with van der Waals surface area (Å²) in [7, 11) is 0. The molecule has 0 radical (unpaired) electrons. The summed E-state index contributed by atoms with van der Waals surface area (Å²) in [5.74, 6) is 0.204. The van der Waals surface area contributed by atoms with Crippen molar-refractivity contribution in [3.05, 3.63) is 12.2 Å². The zero-order valence-electron chi connectivity index (χ0n) is 5.33. The van der Waals surface area contributed by atoms with Crippen molar-refractivity contribution in [3.63, 3.8) is 0 Å². The van der Waals surface area contributed by atoms with Gasteiger partial charge in [-0.3, -0.25) is 0 Å².